The Balaban J connectivity index is 1.20. The fourth-order valence-electron chi connectivity index (χ4n) is 11.7. The number of phenolic OH excluding ortho intramolecular Hbond substituents is 1. The minimum atomic E-state index is -1.35. The maximum absolute atomic E-state index is 15.0. The number of aryl methyl sites for hydroxylation is 1. The van der Waals surface area contributed by atoms with Crippen molar-refractivity contribution in [3.63, 3.8) is 0 Å². The molecule has 0 spiro atoms. The molecule has 5 aromatic rings. The Morgan fingerprint density at radius 1 is 0.685 bits per heavy atom. The number of phenols is 1. The quantitative estimate of drug-likeness (QED) is 0.0226. The van der Waals surface area contributed by atoms with Crippen LogP contribution < -0.4 is 48.7 Å². The number of ketones is 1. The molecule has 3 heterocycles. The van der Waals surface area contributed by atoms with Crippen LogP contribution in [0, 0.1) is 5.92 Å². The zero-order valence-corrected chi connectivity index (χ0v) is 53.8. The molecule has 23 heteroatoms. The highest BCUT2D eigenvalue weighted by molar-refractivity contribution is 5.98. The number of aromatic hydroxyl groups is 1. The number of unbranched alkanes of at least 4 members (excludes halogenated alkanes) is 13. The van der Waals surface area contributed by atoms with E-state index in [2.05, 4.69) is 59.4 Å². The first-order chi connectivity index (χ1) is 44.5. The summed E-state index contributed by atoms with van der Waals surface area (Å²) < 4.78 is 1.54. The normalized spacial score (nSPS) is 19.4. The van der Waals surface area contributed by atoms with Crippen molar-refractivity contribution < 1.29 is 48.3 Å². The molecule has 500 valence electrons. The summed E-state index contributed by atoms with van der Waals surface area (Å²) in [5, 5.41) is 39.3. The monoisotopic (exact) mass is 1270 g/mol. The first-order valence-electron chi connectivity index (χ1n) is 33.3. The van der Waals surface area contributed by atoms with Crippen LogP contribution in [0.15, 0.2) is 91.3 Å². The standard InChI is InChI=1S/C69H99N13O10/c1-3-4-5-6-7-8-9-10-11-12-13-14-18-31-63(86)72-38-23-21-29-56(64(71)87)75-66(89)57-30-22-24-39-82-46-52(80-81-82)44-61(74-47(2)83)69(92)79-60(42-51-45-73-55-28-20-19-27-54(51)55)68(91)77-58(36-37-70)67(90)78-59(41-49-32-34-53(84)35-33-49)62(85)43-50(65(88)76-57)40-48-25-16-15-17-26-48/h15-17,19-20,25-28,32-35,45-46,50,56-61,73,84H,3-14,18,21-24,29-31,36-44,70H2,1-2H3,(H2,71,87)(H,72,86)(H,74,83)(H,75,89)(H,76,88)(H,77,91)(H,78,90)(H,79,92)/t50-,56-,57-,58+,59+,60+,61-/m1/s1. The lowest BCUT2D eigenvalue weighted by molar-refractivity contribution is -0.135. The van der Waals surface area contributed by atoms with Crippen LogP contribution in [0.1, 0.15) is 177 Å². The number of hydrogen-bond acceptors (Lipinski definition) is 13. The van der Waals surface area contributed by atoms with E-state index in [9.17, 15) is 43.5 Å². The number of nitrogens with zero attached hydrogens (tertiary/aromatic N) is 3. The maximum atomic E-state index is 15.0. The molecule has 6 rings (SSSR count). The lowest BCUT2D eigenvalue weighted by atomic mass is 9.89. The van der Waals surface area contributed by atoms with Crippen molar-refractivity contribution in [3.8, 4) is 5.75 Å². The van der Waals surface area contributed by atoms with Gasteiger partial charge in [0.25, 0.3) is 0 Å². The first kappa shape index (κ1) is 72.6. The number of H-pyrrole nitrogens is 1. The van der Waals surface area contributed by atoms with Gasteiger partial charge < -0.3 is 58.8 Å². The zero-order valence-electron chi connectivity index (χ0n) is 53.8. The highest BCUT2D eigenvalue weighted by Crippen LogP contribution is 2.22. The van der Waals surface area contributed by atoms with Crippen LogP contribution in [0.4, 0.5) is 0 Å². The zero-order chi connectivity index (χ0) is 66.0. The molecule has 0 aliphatic carbocycles. The Kier molecular flexibility index (Phi) is 31.3. The maximum Gasteiger partial charge on any atom is 0.243 e. The average Bonchev–Trinajstić information content (AvgIpc) is 1.96. The van der Waals surface area contributed by atoms with E-state index >= 15 is 4.79 Å². The van der Waals surface area contributed by atoms with Gasteiger partial charge in [-0.15, -0.1) is 5.10 Å². The fraction of sp³-hybridized carbons (Fsp3) is 0.551. The number of carbonyl (C=O) groups is 9. The molecule has 0 fully saturated rings. The number of rotatable bonds is 31. The molecule has 0 unspecified atom stereocenters. The number of para-hydroxylation sites is 1. The van der Waals surface area contributed by atoms with E-state index in [0.717, 1.165) is 30.2 Å². The van der Waals surface area contributed by atoms with E-state index in [1.807, 2.05) is 30.3 Å². The van der Waals surface area contributed by atoms with Gasteiger partial charge in [0, 0.05) is 74.9 Å². The summed E-state index contributed by atoms with van der Waals surface area (Å²) in [5.41, 5.74) is 15.0. The summed E-state index contributed by atoms with van der Waals surface area (Å²) in [7, 11) is 0. The fourth-order valence-corrected chi connectivity index (χ4v) is 11.7. The Morgan fingerprint density at radius 3 is 2.01 bits per heavy atom. The largest absolute Gasteiger partial charge is 0.508 e. The molecule has 92 heavy (non-hydrogen) atoms. The molecule has 0 radical (unpaired) electrons. The first-order valence-corrected chi connectivity index (χ1v) is 33.3. The van der Waals surface area contributed by atoms with Crippen molar-refractivity contribution >= 4 is 63.9 Å². The number of nitrogens with one attached hydrogen (secondary N) is 8. The lowest BCUT2D eigenvalue weighted by Crippen LogP contribution is -2.59. The number of Topliss-reactive ketones (excluding diaryl/α,β-unsaturated/α-hetero) is 1. The van der Waals surface area contributed by atoms with Gasteiger partial charge >= 0.3 is 0 Å². The second kappa shape index (κ2) is 39.7. The number of carbonyl (C=O) groups excluding carboxylic acids is 9. The van der Waals surface area contributed by atoms with Gasteiger partial charge in [0.1, 0.15) is 36.0 Å². The molecule has 1 aliphatic rings. The highest BCUT2D eigenvalue weighted by Gasteiger charge is 2.35. The van der Waals surface area contributed by atoms with Crippen molar-refractivity contribution in [1.29, 1.82) is 0 Å². The number of aromatic amines is 1. The van der Waals surface area contributed by atoms with E-state index in [0.29, 0.717) is 61.0 Å². The van der Waals surface area contributed by atoms with Gasteiger partial charge in [-0.2, -0.15) is 0 Å². The topological polar surface area (TPSA) is 357 Å². The van der Waals surface area contributed by atoms with Crippen LogP contribution in [0.5, 0.6) is 5.75 Å². The van der Waals surface area contributed by atoms with Crippen LogP contribution in [-0.2, 0) is 75.4 Å². The van der Waals surface area contributed by atoms with Gasteiger partial charge in [-0.3, -0.25) is 47.8 Å². The van der Waals surface area contributed by atoms with Crippen molar-refractivity contribution in [2.75, 3.05) is 13.1 Å². The average molecular weight is 1270 g/mol. The Hall–Kier alpha value is -8.47. The van der Waals surface area contributed by atoms with Gasteiger partial charge in [0.2, 0.25) is 47.3 Å². The van der Waals surface area contributed by atoms with E-state index < -0.39 is 95.7 Å². The number of fused-ring (bicyclic) bond motifs is 3. The smallest absolute Gasteiger partial charge is 0.243 e. The molecule has 7 atom stereocenters. The van der Waals surface area contributed by atoms with Crippen LogP contribution in [-0.4, -0.2) is 127 Å². The van der Waals surface area contributed by atoms with E-state index in [1.165, 1.54) is 83.3 Å². The molecule has 0 saturated carbocycles. The Bertz CT molecular complexity index is 3130. The van der Waals surface area contributed by atoms with Crippen molar-refractivity contribution in [2.24, 2.45) is 17.4 Å². The molecule has 2 bridgehead atoms. The van der Waals surface area contributed by atoms with Gasteiger partial charge in [0.05, 0.1) is 11.7 Å². The number of amides is 8. The highest BCUT2D eigenvalue weighted by atomic mass is 16.3. The van der Waals surface area contributed by atoms with Crippen LogP contribution >= 0.6 is 0 Å². The summed E-state index contributed by atoms with van der Waals surface area (Å²) >= 11 is 0. The lowest BCUT2D eigenvalue weighted by Gasteiger charge is -2.27. The molecule has 3 aromatic carbocycles. The van der Waals surface area contributed by atoms with Crippen molar-refractivity contribution in [3.05, 3.63) is 114 Å². The molecule has 1 aliphatic heterocycles. The van der Waals surface area contributed by atoms with Gasteiger partial charge in [0.15, 0.2) is 5.78 Å². The number of hydrogen-bond donors (Lipinski definition) is 11. The number of nitrogens with two attached hydrogens (primary N) is 2. The van der Waals surface area contributed by atoms with Crippen LogP contribution in [0.25, 0.3) is 10.9 Å². The van der Waals surface area contributed by atoms with Gasteiger partial charge in [-0.1, -0.05) is 150 Å². The number of primary amides is 1. The molecule has 23 nitrogen and oxygen atoms in total. The van der Waals surface area contributed by atoms with Crippen molar-refractivity contribution in [1.82, 2.24) is 57.2 Å². The minimum Gasteiger partial charge on any atom is -0.508 e. The Morgan fingerprint density at radius 2 is 1.33 bits per heavy atom. The second-order valence-corrected chi connectivity index (χ2v) is 24.5. The number of aromatic nitrogens is 4. The summed E-state index contributed by atoms with van der Waals surface area (Å²) in [5.74, 6) is -6.68. The summed E-state index contributed by atoms with van der Waals surface area (Å²) in [6, 6.07) is 14.9. The molecular weight excluding hydrogens is 1170 g/mol. The SMILES string of the molecule is CCCCCCCCCCCCCCCC(=O)NCCCC[C@@H](NC(=O)[C@H]1CCCCn2cc(nn2)C[C@@H](NC(C)=O)C(=O)N[C@@H](Cc2c[nH]c3ccccc23)C(=O)N[C@@H](CCN)C(=O)N[C@@H](Cc2ccc(O)cc2)C(=O)C[C@@H](Cc2ccccc2)C(=O)N1)C(N)=O. The Labute approximate surface area is 540 Å². The predicted molar refractivity (Wildman–Crippen MR) is 352 cm³/mol. The number of benzene rings is 3. The molecular formula is C69H99N13O10. The minimum absolute atomic E-state index is 0.0334. The summed E-state index contributed by atoms with van der Waals surface area (Å²) in [4.78, 5) is 130. The molecule has 0 saturated heterocycles. The second-order valence-electron chi connectivity index (χ2n) is 24.5. The predicted octanol–water partition coefficient (Wildman–Crippen LogP) is 6.03. The molecule has 8 amide bonds. The van der Waals surface area contributed by atoms with Crippen LogP contribution in [0.3, 0.4) is 0 Å². The molecule has 13 N–H and O–H groups in total. The third-order valence-electron chi connectivity index (χ3n) is 16.9. The van der Waals surface area contributed by atoms with E-state index in [4.69, 9.17) is 11.5 Å². The van der Waals surface area contributed by atoms with Gasteiger partial charge in [-0.05, 0) is 106 Å². The summed E-state index contributed by atoms with van der Waals surface area (Å²) in [6.45, 7) is 4.06. The van der Waals surface area contributed by atoms with E-state index in [1.54, 1.807) is 53.5 Å². The van der Waals surface area contributed by atoms with Crippen molar-refractivity contribution in [2.45, 2.75) is 224 Å². The van der Waals surface area contributed by atoms with E-state index in [-0.39, 0.29) is 69.7 Å². The summed E-state index contributed by atoms with van der Waals surface area (Å²) in [6.07, 6.45) is 20.7. The van der Waals surface area contributed by atoms with Gasteiger partial charge in [-0.25, -0.2) is 0 Å². The van der Waals surface area contributed by atoms with Crippen LogP contribution in [0.2, 0.25) is 0 Å². The molecule has 2 aromatic heterocycles. The third kappa shape index (κ3) is 25.7. The third-order valence-corrected chi connectivity index (χ3v) is 16.9.